The van der Waals surface area contributed by atoms with Crippen molar-refractivity contribution in [1.82, 2.24) is 0 Å². The monoisotopic (exact) mass is 326 g/mol. The standard InChI is InChI=1S/C19H22N2O3/c1-13-7-5-6-8-16(13)17(22)20-14-9-11-15(12-10-14)21-18(23)24-19(2,3)4/h5-12H,1-4H3,(H,20,22)(H,21,23). The van der Waals surface area contributed by atoms with Gasteiger partial charge in [0.15, 0.2) is 0 Å². The second-order valence-corrected chi connectivity index (χ2v) is 6.47. The molecule has 2 rings (SSSR count). The Bertz CT molecular complexity index is 731. The molecule has 0 unspecified atom stereocenters. The van der Waals surface area contributed by atoms with Crippen LogP contribution in [0.2, 0.25) is 0 Å². The number of carbonyl (C=O) groups is 2. The van der Waals surface area contributed by atoms with Gasteiger partial charge in [-0.05, 0) is 63.6 Å². The summed E-state index contributed by atoms with van der Waals surface area (Å²) in [7, 11) is 0. The Balaban J connectivity index is 1.98. The lowest BCUT2D eigenvalue weighted by Crippen LogP contribution is -2.27. The minimum absolute atomic E-state index is 0.166. The zero-order valence-electron chi connectivity index (χ0n) is 14.3. The Hall–Kier alpha value is -2.82. The third-order valence-corrected chi connectivity index (χ3v) is 3.18. The average molecular weight is 326 g/mol. The maximum Gasteiger partial charge on any atom is 0.412 e. The Labute approximate surface area is 142 Å². The van der Waals surface area contributed by atoms with Gasteiger partial charge in [-0.25, -0.2) is 4.79 Å². The lowest BCUT2D eigenvalue weighted by atomic mass is 10.1. The maximum atomic E-state index is 12.3. The third-order valence-electron chi connectivity index (χ3n) is 3.18. The molecule has 0 radical (unpaired) electrons. The number of rotatable bonds is 3. The van der Waals surface area contributed by atoms with Gasteiger partial charge in [0.25, 0.3) is 5.91 Å². The predicted molar refractivity (Wildman–Crippen MR) is 95.4 cm³/mol. The van der Waals surface area contributed by atoms with Crippen molar-refractivity contribution >= 4 is 23.4 Å². The van der Waals surface area contributed by atoms with Crippen LogP contribution in [-0.2, 0) is 4.74 Å². The molecule has 0 atom stereocenters. The highest BCUT2D eigenvalue weighted by molar-refractivity contribution is 6.05. The molecule has 0 heterocycles. The Kier molecular flexibility index (Phi) is 5.24. The lowest BCUT2D eigenvalue weighted by Gasteiger charge is -2.19. The minimum Gasteiger partial charge on any atom is -0.444 e. The summed E-state index contributed by atoms with van der Waals surface area (Å²) in [5.74, 6) is -0.166. The van der Waals surface area contributed by atoms with Crippen molar-refractivity contribution in [2.45, 2.75) is 33.3 Å². The number of benzene rings is 2. The van der Waals surface area contributed by atoms with Crippen LogP contribution in [0.5, 0.6) is 0 Å². The van der Waals surface area contributed by atoms with E-state index in [-0.39, 0.29) is 5.91 Å². The van der Waals surface area contributed by atoms with Gasteiger partial charge in [-0.15, -0.1) is 0 Å². The number of hydrogen-bond donors (Lipinski definition) is 2. The van der Waals surface area contributed by atoms with E-state index in [0.717, 1.165) is 5.56 Å². The molecule has 0 aromatic heterocycles. The van der Waals surface area contributed by atoms with Crippen molar-refractivity contribution in [3.8, 4) is 0 Å². The molecule has 0 bridgehead atoms. The highest BCUT2D eigenvalue weighted by atomic mass is 16.6. The van der Waals surface area contributed by atoms with Crippen LogP contribution in [0, 0.1) is 6.92 Å². The molecule has 0 aliphatic heterocycles. The van der Waals surface area contributed by atoms with Crippen LogP contribution < -0.4 is 10.6 Å². The van der Waals surface area contributed by atoms with Crippen molar-refractivity contribution < 1.29 is 14.3 Å². The quantitative estimate of drug-likeness (QED) is 0.866. The molecule has 126 valence electrons. The molecule has 5 nitrogen and oxygen atoms in total. The number of nitrogens with one attached hydrogen (secondary N) is 2. The SMILES string of the molecule is Cc1ccccc1C(=O)Nc1ccc(NC(=O)OC(C)(C)C)cc1. The van der Waals surface area contributed by atoms with Crippen molar-refractivity contribution in [3.05, 3.63) is 59.7 Å². The number of aryl methyl sites for hydroxylation is 1. The van der Waals surface area contributed by atoms with Gasteiger partial charge in [0.05, 0.1) is 0 Å². The van der Waals surface area contributed by atoms with Crippen LogP contribution >= 0.6 is 0 Å². The molecular weight excluding hydrogens is 304 g/mol. The van der Waals surface area contributed by atoms with E-state index in [4.69, 9.17) is 4.74 Å². The van der Waals surface area contributed by atoms with Crippen molar-refractivity contribution in [2.75, 3.05) is 10.6 Å². The average Bonchev–Trinajstić information content (AvgIpc) is 2.47. The number of hydrogen-bond acceptors (Lipinski definition) is 3. The summed E-state index contributed by atoms with van der Waals surface area (Å²) in [4.78, 5) is 24.0. The molecule has 0 spiro atoms. The third kappa shape index (κ3) is 5.12. The van der Waals surface area contributed by atoms with Crippen LogP contribution in [0.3, 0.4) is 0 Å². The lowest BCUT2D eigenvalue weighted by molar-refractivity contribution is 0.0635. The smallest absolute Gasteiger partial charge is 0.412 e. The molecule has 5 heteroatoms. The Morgan fingerprint density at radius 3 is 1.96 bits per heavy atom. The molecule has 0 saturated heterocycles. The minimum atomic E-state index is -0.550. The summed E-state index contributed by atoms with van der Waals surface area (Å²) in [6, 6.07) is 14.3. The van der Waals surface area contributed by atoms with E-state index in [1.807, 2.05) is 25.1 Å². The molecule has 24 heavy (non-hydrogen) atoms. The summed E-state index contributed by atoms with van der Waals surface area (Å²) in [6.45, 7) is 7.30. The van der Waals surface area contributed by atoms with Crippen LogP contribution in [0.15, 0.2) is 48.5 Å². The molecule has 2 aromatic carbocycles. The van der Waals surface area contributed by atoms with Crippen molar-refractivity contribution in [3.63, 3.8) is 0 Å². The Morgan fingerprint density at radius 2 is 1.42 bits per heavy atom. The first kappa shape index (κ1) is 17.5. The number of ether oxygens (including phenoxy) is 1. The summed E-state index contributed by atoms with van der Waals surface area (Å²) < 4.78 is 5.19. The first-order chi connectivity index (χ1) is 11.2. The van der Waals surface area contributed by atoms with Gasteiger partial charge < -0.3 is 10.1 Å². The molecule has 0 aliphatic rings. The van der Waals surface area contributed by atoms with E-state index in [9.17, 15) is 9.59 Å². The highest BCUT2D eigenvalue weighted by Gasteiger charge is 2.16. The Morgan fingerprint density at radius 1 is 0.875 bits per heavy atom. The van der Waals surface area contributed by atoms with Crippen molar-refractivity contribution in [2.24, 2.45) is 0 Å². The van der Waals surface area contributed by atoms with E-state index in [1.165, 1.54) is 0 Å². The fourth-order valence-electron chi connectivity index (χ4n) is 2.08. The van der Waals surface area contributed by atoms with Gasteiger partial charge in [-0.1, -0.05) is 18.2 Å². The second-order valence-electron chi connectivity index (χ2n) is 6.47. The molecule has 0 saturated carbocycles. The topological polar surface area (TPSA) is 67.4 Å². The summed E-state index contributed by atoms with van der Waals surface area (Å²) in [5.41, 5.74) is 2.24. The molecule has 0 fully saturated rings. The van der Waals surface area contributed by atoms with Gasteiger partial charge in [0.2, 0.25) is 0 Å². The van der Waals surface area contributed by atoms with Crippen LogP contribution in [0.25, 0.3) is 0 Å². The summed E-state index contributed by atoms with van der Waals surface area (Å²) in [5, 5.41) is 5.48. The summed E-state index contributed by atoms with van der Waals surface area (Å²) >= 11 is 0. The molecule has 2 amide bonds. The van der Waals surface area contributed by atoms with Gasteiger partial charge >= 0.3 is 6.09 Å². The molecule has 2 aromatic rings. The number of amides is 2. The van der Waals surface area contributed by atoms with Crippen LogP contribution in [-0.4, -0.2) is 17.6 Å². The fraction of sp³-hybridized carbons (Fsp3) is 0.263. The van der Waals surface area contributed by atoms with E-state index in [1.54, 1.807) is 51.1 Å². The predicted octanol–water partition coefficient (Wildman–Crippen LogP) is 4.59. The maximum absolute atomic E-state index is 12.3. The van der Waals surface area contributed by atoms with Crippen LogP contribution in [0.1, 0.15) is 36.7 Å². The van der Waals surface area contributed by atoms with Crippen LogP contribution in [0.4, 0.5) is 16.2 Å². The van der Waals surface area contributed by atoms with Gasteiger partial charge in [0, 0.05) is 16.9 Å². The zero-order valence-corrected chi connectivity index (χ0v) is 14.3. The van der Waals surface area contributed by atoms with Crippen molar-refractivity contribution in [1.29, 1.82) is 0 Å². The first-order valence-electron chi connectivity index (χ1n) is 7.72. The largest absolute Gasteiger partial charge is 0.444 e. The number of anilines is 2. The highest BCUT2D eigenvalue weighted by Crippen LogP contribution is 2.17. The first-order valence-corrected chi connectivity index (χ1v) is 7.72. The second kappa shape index (κ2) is 7.17. The molecule has 2 N–H and O–H groups in total. The van der Waals surface area contributed by atoms with E-state index in [2.05, 4.69) is 10.6 Å². The van der Waals surface area contributed by atoms with E-state index < -0.39 is 11.7 Å². The van der Waals surface area contributed by atoms with Gasteiger partial charge in [0.1, 0.15) is 5.60 Å². The number of carbonyl (C=O) groups excluding carboxylic acids is 2. The normalized spacial score (nSPS) is 10.8. The molecular formula is C19H22N2O3. The molecule has 0 aliphatic carbocycles. The zero-order chi connectivity index (χ0) is 17.7. The van der Waals surface area contributed by atoms with Gasteiger partial charge in [-0.3, -0.25) is 10.1 Å². The summed E-state index contributed by atoms with van der Waals surface area (Å²) in [6.07, 6.45) is -0.515. The van der Waals surface area contributed by atoms with Gasteiger partial charge in [-0.2, -0.15) is 0 Å². The van der Waals surface area contributed by atoms with E-state index >= 15 is 0 Å². The van der Waals surface area contributed by atoms with E-state index in [0.29, 0.717) is 16.9 Å². The fourth-order valence-corrected chi connectivity index (χ4v) is 2.08.